The number of ether oxygens (including phenoxy) is 2. The van der Waals surface area contributed by atoms with E-state index in [1.165, 1.54) is 23.1 Å². The average Bonchev–Trinajstić information content (AvgIpc) is 3.16. The predicted molar refractivity (Wildman–Crippen MR) is 116 cm³/mol. The first-order chi connectivity index (χ1) is 14.0. The van der Waals surface area contributed by atoms with Crippen molar-refractivity contribution >= 4 is 46.3 Å². The highest BCUT2D eigenvalue weighted by Crippen LogP contribution is 2.28. The molecule has 1 unspecified atom stereocenters. The van der Waals surface area contributed by atoms with Crippen LogP contribution in [0.4, 0.5) is 11.4 Å². The van der Waals surface area contributed by atoms with Crippen LogP contribution in [0.3, 0.4) is 0 Å². The Bertz CT molecular complexity index is 819. The van der Waals surface area contributed by atoms with Crippen molar-refractivity contribution in [1.82, 2.24) is 4.98 Å². The first kappa shape index (κ1) is 21.6. The number of carbonyl (C=O) groups excluding carboxylic acids is 2. The molecule has 0 saturated carbocycles. The molecule has 0 radical (unpaired) electrons. The van der Waals surface area contributed by atoms with Gasteiger partial charge in [-0.05, 0) is 38.1 Å². The zero-order valence-electron chi connectivity index (χ0n) is 16.6. The Kier molecular flexibility index (Phi) is 7.91. The van der Waals surface area contributed by atoms with E-state index in [0.717, 1.165) is 42.0 Å². The first-order valence-electron chi connectivity index (χ1n) is 9.55. The average molecular weight is 436 g/mol. The highest BCUT2D eigenvalue weighted by molar-refractivity contribution is 8.02. The van der Waals surface area contributed by atoms with E-state index in [2.05, 4.69) is 15.2 Å². The number of nitrogens with zero attached hydrogens (tertiary/aromatic N) is 2. The lowest BCUT2D eigenvalue weighted by Gasteiger charge is -2.28. The number of morpholine rings is 1. The minimum Gasteiger partial charge on any atom is -0.466 e. The maximum Gasteiger partial charge on any atom is 0.311 e. The molecule has 1 aromatic heterocycles. The summed E-state index contributed by atoms with van der Waals surface area (Å²) in [5.74, 6) is -0.378. The quantitative estimate of drug-likeness (QED) is 0.504. The number of thioether (sulfide) groups is 1. The molecular weight excluding hydrogens is 410 g/mol. The number of amides is 1. The first-order valence-corrected chi connectivity index (χ1v) is 11.3. The number of thiazole rings is 1. The van der Waals surface area contributed by atoms with Gasteiger partial charge in [0.1, 0.15) is 0 Å². The summed E-state index contributed by atoms with van der Waals surface area (Å²) in [7, 11) is 0. The maximum atomic E-state index is 12.5. The summed E-state index contributed by atoms with van der Waals surface area (Å²) in [4.78, 5) is 30.7. The second-order valence-electron chi connectivity index (χ2n) is 6.48. The second kappa shape index (κ2) is 10.6. The Hall–Kier alpha value is -2.10. The number of aromatic nitrogens is 1. The fourth-order valence-electron chi connectivity index (χ4n) is 2.81. The number of anilines is 2. The summed E-state index contributed by atoms with van der Waals surface area (Å²) < 4.78 is 11.1. The summed E-state index contributed by atoms with van der Waals surface area (Å²) in [5, 5.41) is 4.47. The van der Waals surface area contributed by atoms with Crippen LogP contribution < -0.4 is 10.2 Å². The van der Waals surface area contributed by atoms with Gasteiger partial charge in [-0.1, -0.05) is 11.8 Å². The van der Waals surface area contributed by atoms with E-state index < -0.39 is 0 Å². The van der Waals surface area contributed by atoms with Gasteiger partial charge < -0.3 is 19.7 Å². The third kappa shape index (κ3) is 6.45. The lowest BCUT2D eigenvalue weighted by atomic mass is 10.2. The summed E-state index contributed by atoms with van der Waals surface area (Å²) in [6.45, 7) is 7.22. The van der Waals surface area contributed by atoms with Crippen LogP contribution in [0.2, 0.25) is 0 Å². The van der Waals surface area contributed by atoms with Crippen molar-refractivity contribution < 1.29 is 19.1 Å². The molecule has 9 heteroatoms. The third-order valence-corrected chi connectivity index (χ3v) is 6.44. The summed E-state index contributed by atoms with van der Waals surface area (Å²) in [5.41, 5.74) is 2.56. The van der Waals surface area contributed by atoms with E-state index in [9.17, 15) is 9.59 Å². The molecule has 1 N–H and O–H groups in total. The molecule has 0 aliphatic carbocycles. The molecule has 7 nitrogen and oxygen atoms in total. The fourth-order valence-corrected chi connectivity index (χ4v) is 4.79. The van der Waals surface area contributed by atoms with E-state index in [0.29, 0.717) is 12.3 Å². The van der Waals surface area contributed by atoms with Gasteiger partial charge in [-0.2, -0.15) is 0 Å². The van der Waals surface area contributed by atoms with Gasteiger partial charge in [0.25, 0.3) is 0 Å². The molecule has 156 valence electrons. The van der Waals surface area contributed by atoms with E-state index in [1.807, 2.05) is 36.6 Å². The standard InChI is InChI=1S/C20H25N3O4S2/c1-3-27-18(24)12-16-13-28-20(22-16)29-14(2)19(25)21-15-4-6-17(7-5-15)23-8-10-26-11-9-23/h4-7,13-14H,3,8-12H2,1-2H3,(H,21,25). The molecule has 0 spiro atoms. The molecule has 2 aromatic rings. The van der Waals surface area contributed by atoms with Gasteiger partial charge >= 0.3 is 5.97 Å². The van der Waals surface area contributed by atoms with Crippen LogP contribution in [0.1, 0.15) is 19.5 Å². The molecule has 1 aliphatic heterocycles. The number of hydrogen-bond acceptors (Lipinski definition) is 8. The maximum absolute atomic E-state index is 12.5. The van der Waals surface area contributed by atoms with E-state index in [-0.39, 0.29) is 23.5 Å². The van der Waals surface area contributed by atoms with Crippen molar-refractivity contribution in [2.24, 2.45) is 0 Å². The second-order valence-corrected chi connectivity index (χ2v) is 8.93. The van der Waals surface area contributed by atoms with Crippen molar-refractivity contribution in [3.8, 4) is 0 Å². The number of rotatable bonds is 8. The van der Waals surface area contributed by atoms with Crippen LogP contribution >= 0.6 is 23.1 Å². The van der Waals surface area contributed by atoms with Crippen molar-refractivity contribution in [3.05, 3.63) is 35.3 Å². The summed E-state index contributed by atoms with van der Waals surface area (Å²) >= 11 is 2.81. The zero-order chi connectivity index (χ0) is 20.6. The van der Waals surface area contributed by atoms with Crippen molar-refractivity contribution in [3.63, 3.8) is 0 Å². The van der Waals surface area contributed by atoms with Crippen LogP contribution in [-0.4, -0.2) is 55.0 Å². The molecule has 0 bridgehead atoms. The number of benzene rings is 1. The van der Waals surface area contributed by atoms with Crippen molar-refractivity contribution in [2.75, 3.05) is 43.1 Å². The number of esters is 1. The van der Waals surface area contributed by atoms with Gasteiger partial charge in [-0.3, -0.25) is 9.59 Å². The van der Waals surface area contributed by atoms with Gasteiger partial charge in [0.05, 0.1) is 37.2 Å². The largest absolute Gasteiger partial charge is 0.466 e. The molecule has 1 aromatic carbocycles. The molecule has 1 aliphatic rings. The minimum atomic E-state index is -0.310. The number of carbonyl (C=O) groups is 2. The van der Waals surface area contributed by atoms with E-state index in [1.54, 1.807) is 6.92 Å². The zero-order valence-corrected chi connectivity index (χ0v) is 18.2. The fraction of sp³-hybridized carbons (Fsp3) is 0.450. The molecule has 1 amide bonds. The Balaban J connectivity index is 1.50. The van der Waals surface area contributed by atoms with Gasteiger partial charge in [-0.15, -0.1) is 11.3 Å². The van der Waals surface area contributed by atoms with Crippen molar-refractivity contribution in [2.45, 2.75) is 29.9 Å². The number of hydrogen-bond donors (Lipinski definition) is 1. The summed E-state index contributed by atoms with van der Waals surface area (Å²) in [6, 6.07) is 7.87. The minimum absolute atomic E-state index is 0.0868. The topological polar surface area (TPSA) is 80.8 Å². The molecule has 1 atom stereocenters. The lowest BCUT2D eigenvalue weighted by Crippen LogP contribution is -2.36. The Morgan fingerprint density at radius 1 is 1.31 bits per heavy atom. The van der Waals surface area contributed by atoms with E-state index >= 15 is 0 Å². The van der Waals surface area contributed by atoms with Gasteiger partial charge in [0.15, 0.2) is 4.34 Å². The molecule has 29 heavy (non-hydrogen) atoms. The Morgan fingerprint density at radius 3 is 2.72 bits per heavy atom. The number of nitrogens with one attached hydrogen (secondary N) is 1. The van der Waals surface area contributed by atoms with Crippen molar-refractivity contribution in [1.29, 1.82) is 0 Å². The van der Waals surface area contributed by atoms with Crippen LogP contribution in [-0.2, 0) is 25.5 Å². The predicted octanol–water partition coefficient (Wildman–Crippen LogP) is 3.20. The molecular formula is C20H25N3O4S2. The highest BCUT2D eigenvalue weighted by atomic mass is 32.2. The third-order valence-electron chi connectivity index (χ3n) is 4.32. The highest BCUT2D eigenvalue weighted by Gasteiger charge is 2.18. The summed E-state index contributed by atoms with van der Waals surface area (Å²) in [6.07, 6.45) is 0.154. The molecule has 3 rings (SSSR count). The van der Waals surface area contributed by atoms with Crippen LogP contribution in [0.15, 0.2) is 34.0 Å². The lowest BCUT2D eigenvalue weighted by molar-refractivity contribution is -0.142. The molecule has 1 fully saturated rings. The smallest absolute Gasteiger partial charge is 0.311 e. The van der Waals surface area contributed by atoms with Gasteiger partial charge in [0.2, 0.25) is 5.91 Å². The Morgan fingerprint density at radius 2 is 2.03 bits per heavy atom. The monoisotopic (exact) mass is 435 g/mol. The SMILES string of the molecule is CCOC(=O)Cc1csc(SC(C)C(=O)Nc2ccc(N3CCOCC3)cc2)n1. The van der Waals surface area contributed by atoms with Crippen LogP contribution in [0, 0.1) is 0 Å². The molecule has 2 heterocycles. The normalized spacial score (nSPS) is 15.0. The van der Waals surface area contributed by atoms with Gasteiger partial charge in [0, 0.05) is 29.8 Å². The Labute approximate surface area is 178 Å². The van der Waals surface area contributed by atoms with E-state index in [4.69, 9.17) is 9.47 Å². The van der Waals surface area contributed by atoms with Gasteiger partial charge in [-0.25, -0.2) is 4.98 Å². The van der Waals surface area contributed by atoms with Crippen LogP contribution in [0.25, 0.3) is 0 Å². The van der Waals surface area contributed by atoms with Crippen LogP contribution in [0.5, 0.6) is 0 Å². The molecule has 1 saturated heterocycles.